The molecule has 0 aliphatic heterocycles. The van der Waals surface area contributed by atoms with Gasteiger partial charge in [0, 0.05) is 11.2 Å². The van der Waals surface area contributed by atoms with E-state index in [1.807, 2.05) is 0 Å². The second-order valence-electron chi connectivity index (χ2n) is 1.95. The molecule has 0 amide bonds. The molecule has 4 heteroatoms. The van der Waals surface area contributed by atoms with Gasteiger partial charge in [0.15, 0.2) is 11.7 Å². The Morgan fingerprint density at radius 2 is 2.00 bits per heavy atom. The first-order valence-corrected chi connectivity index (χ1v) is 3.58. The summed E-state index contributed by atoms with van der Waals surface area (Å²) in [5, 5.41) is 0. The number of allylic oxidation sites excluding steroid dienone is 4. The largest absolute Gasteiger partial charge is 0.208 e. The summed E-state index contributed by atoms with van der Waals surface area (Å²) in [5.41, 5.74) is 0. The van der Waals surface area contributed by atoms with E-state index in [2.05, 4.69) is 15.9 Å². The molecule has 0 fully saturated rings. The van der Waals surface area contributed by atoms with Crippen molar-refractivity contribution in [3.63, 3.8) is 0 Å². The molecule has 0 aromatic carbocycles. The van der Waals surface area contributed by atoms with Crippen LogP contribution in [0.1, 0.15) is 6.42 Å². The van der Waals surface area contributed by atoms with Crippen LogP contribution in [0.15, 0.2) is 23.6 Å². The third-order valence-electron chi connectivity index (χ3n) is 1.15. The summed E-state index contributed by atoms with van der Waals surface area (Å²) >= 11 is 2.94. The molecular weight excluding hydrogens is 209 g/mol. The Bertz CT molecular complexity index is 207. The zero-order valence-electron chi connectivity index (χ0n) is 4.87. The van der Waals surface area contributed by atoms with Crippen molar-refractivity contribution < 1.29 is 13.2 Å². The summed E-state index contributed by atoms with van der Waals surface area (Å²) in [6, 6.07) is 0. The predicted molar refractivity (Wildman–Crippen MR) is 35.8 cm³/mol. The predicted octanol–water partition coefficient (Wildman–Crippen LogP) is 3.16. The molecule has 1 atom stereocenters. The lowest BCUT2D eigenvalue weighted by atomic mass is 10.1. The van der Waals surface area contributed by atoms with Crippen LogP contribution in [-0.4, -0.2) is 4.83 Å². The van der Waals surface area contributed by atoms with E-state index in [1.165, 1.54) is 0 Å². The second kappa shape index (κ2) is 2.78. The van der Waals surface area contributed by atoms with Gasteiger partial charge in [0.05, 0.1) is 0 Å². The average molecular weight is 213 g/mol. The quantitative estimate of drug-likeness (QED) is 0.542. The van der Waals surface area contributed by atoms with Gasteiger partial charge in [0.25, 0.3) is 0 Å². The standard InChI is InChI=1S/C6H4BrF3/c7-3-1-4(8)6(10)5(9)2-3/h1,3H,2H2. The molecule has 1 aliphatic rings. The zero-order valence-corrected chi connectivity index (χ0v) is 6.46. The molecule has 1 rings (SSSR count). The lowest BCUT2D eigenvalue weighted by molar-refractivity contribution is 0.464. The van der Waals surface area contributed by atoms with Crippen molar-refractivity contribution in [3.05, 3.63) is 23.6 Å². The first-order valence-electron chi connectivity index (χ1n) is 2.67. The maximum Gasteiger partial charge on any atom is 0.189 e. The maximum absolute atomic E-state index is 12.3. The Morgan fingerprint density at radius 3 is 2.50 bits per heavy atom. The number of hydrogen-bond donors (Lipinski definition) is 0. The zero-order chi connectivity index (χ0) is 7.72. The lowest BCUT2D eigenvalue weighted by Crippen LogP contribution is -2.01. The Hall–Kier alpha value is -0.250. The molecule has 0 nitrogen and oxygen atoms in total. The van der Waals surface area contributed by atoms with Crippen molar-refractivity contribution in [1.82, 2.24) is 0 Å². The van der Waals surface area contributed by atoms with Crippen LogP contribution >= 0.6 is 15.9 Å². The highest BCUT2D eigenvalue weighted by atomic mass is 79.9. The Labute approximate surface area is 64.5 Å². The highest BCUT2D eigenvalue weighted by Crippen LogP contribution is 2.30. The van der Waals surface area contributed by atoms with E-state index < -0.39 is 22.3 Å². The molecule has 0 aromatic rings. The molecule has 0 radical (unpaired) electrons. The fourth-order valence-corrected chi connectivity index (χ4v) is 1.20. The molecule has 10 heavy (non-hydrogen) atoms. The molecule has 0 spiro atoms. The van der Waals surface area contributed by atoms with E-state index >= 15 is 0 Å². The van der Waals surface area contributed by atoms with Gasteiger partial charge in [-0.25, -0.2) is 13.2 Å². The molecule has 0 saturated carbocycles. The highest BCUT2D eigenvalue weighted by Gasteiger charge is 2.20. The SMILES string of the molecule is FC1=CC(Br)CC(F)=C1F. The van der Waals surface area contributed by atoms with Crippen molar-refractivity contribution in [3.8, 4) is 0 Å². The lowest BCUT2D eigenvalue weighted by Gasteiger charge is -2.08. The van der Waals surface area contributed by atoms with Gasteiger partial charge >= 0.3 is 0 Å². The van der Waals surface area contributed by atoms with Crippen LogP contribution in [-0.2, 0) is 0 Å². The van der Waals surface area contributed by atoms with E-state index in [0.29, 0.717) is 0 Å². The van der Waals surface area contributed by atoms with E-state index in [1.54, 1.807) is 0 Å². The molecule has 0 aromatic heterocycles. The fourth-order valence-electron chi connectivity index (χ4n) is 0.681. The minimum absolute atomic E-state index is 0.112. The van der Waals surface area contributed by atoms with Gasteiger partial charge in [-0.15, -0.1) is 0 Å². The van der Waals surface area contributed by atoms with E-state index in [-0.39, 0.29) is 6.42 Å². The van der Waals surface area contributed by atoms with Crippen LogP contribution in [0.25, 0.3) is 0 Å². The molecule has 1 unspecified atom stereocenters. The van der Waals surface area contributed by atoms with Crippen LogP contribution in [0.2, 0.25) is 0 Å². The smallest absolute Gasteiger partial charge is 0.189 e. The molecule has 0 heterocycles. The van der Waals surface area contributed by atoms with Gasteiger partial charge in [-0.2, -0.15) is 0 Å². The van der Waals surface area contributed by atoms with Crippen LogP contribution in [0, 0.1) is 0 Å². The van der Waals surface area contributed by atoms with Gasteiger partial charge in [0.2, 0.25) is 0 Å². The summed E-state index contributed by atoms with van der Waals surface area (Å²) in [4.78, 5) is -0.424. The van der Waals surface area contributed by atoms with Gasteiger partial charge in [-0.1, -0.05) is 15.9 Å². The molecule has 56 valence electrons. The van der Waals surface area contributed by atoms with Crippen molar-refractivity contribution in [2.45, 2.75) is 11.2 Å². The van der Waals surface area contributed by atoms with Crippen LogP contribution in [0.3, 0.4) is 0 Å². The molecular formula is C6H4BrF3. The Morgan fingerprint density at radius 1 is 1.40 bits per heavy atom. The average Bonchev–Trinajstić information content (AvgIpc) is 1.82. The van der Waals surface area contributed by atoms with Crippen LogP contribution < -0.4 is 0 Å². The number of halogens is 4. The normalized spacial score (nSPS) is 26.8. The third kappa shape index (κ3) is 1.42. The Balaban J connectivity index is 2.90. The van der Waals surface area contributed by atoms with Gasteiger partial charge in [0.1, 0.15) is 5.83 Å². The molecule has 0 bridgehead atoms. The van der Waals surface area contributed by atoms with Crippen LogP contribution in [0.5, 0.6) is 0 Å². The molecule has 1 aliphatic carbocycles. The third-order valence-corrected chi connectivity index (χ3v) is 1.74. The Kier molecular flexibility index (Phi) is 2.18. The number of alkyl halides is 1. The van der Waals surface area contributed by atoms with Gasteiger partial charge in [-0.3, -0.25) is 0 Å². The van der Waals surface area contributed by atoms with Gasteiger partial charge in [-0.05, 0) is 6.08 Å². The van der Waals surface area contributed by atoms with Crippen molar-refractivity contribution in [2.24, 2.45) is 0 Å². The minimum atomic E-state index is -1.37. The summed E-state index contributed by atoms with van der Waals surface area (Å²) < 4.78 is 36.7. The number of hydrogen-bond acceptors (Lipinski definition) is 0. The molecule has 0 N–H and O–H groups in total. The second-order valence-corrected chi connectivity index (χ2v) is 3.13. The summed E-state index contributed by atoms with van der Waals surface area (Å²) in [5.74, 6) is -3.51. The van der Waals surface area contributed by atoms with Gasteiger partial charge < -0.3 is 0 Å². The maximum atomic E-state index is 12.3. The summed E-state index contributed by atoms with van der Waals surface area (Å²) in [6.45, 7) is 0. The van der Waals surface area contributed by atoms with Crippen molar-refractivity contribution >= 4 is 15.9 Å². The topological polar surface area (TPSA) is 0 Å². The summed E-state index contributed by atoms with van der Waals surface area (Å²) in [6.07, 6.45) is 0.887. The monoisotopic (exact) mass is 212 g/mol. The van der Waals surface area contributed by atoms with Crippen molar-refractivity contribution in [1.29, 1.82) is 0 Å². The van der Waals surface area contributed by atoms with E-state index in [0.717, 1.165) is 6.08 Å². The first-order chi connectivity index (χ1) is 4.61. The minimum Gasteiger partial charge on any atom is -0.208 e. The summed E-state index contributed by atoms with van der Waals surface area (Å²) in [7, 11) is 0. The fraction of sp³-hybridized carbons (Fsp3) is 0.333. The van der Waals surface area contributed by atoms with Crippen molar-refractivity contribution in [2.75, 3.05) is 0 Å². The van der Waals surface area contributed by atoms with E-state index in [4.69, 9.17) is 0 Å². The van der Waals surface area contributed by atoms with Crippen LogP contribution in [0.4, 0.5) is 13.2 Å². The molecule has 0 saturated heterocycles. The highest BCUT2D eigenvalue weighted by molar-refractivity contribution is 9.09. The van der Waals surface area contributed by atoms with E-state index in [9.17, 15) is 13.2 Å². The first kappa shape index (κ1) is 7.85. The number of rotatable bonds is 0.